The molecule has 1 rings (SSSR count). The third-order valence-electron chi connectivity index (χ3n) is 3.44. The van der Waals surface area contributed by atoms with Crippen LogP contribution >= 0.6 is 0 Å². The molecule has 1 aliphatic heterocycles. The fourth-order valence-corrected chi connectivity index (χ4v) is 2.44. The molecular weight excluding hydrogens is 202 g/mol. The van der Waals surface area contributed by atoms with Crippen LogP contribution in [-0.2, 0) is 0 Å². The predicted octanol–water partition coefficient (Wildman–Crippen LogP) is -0.0303. The monoisotopic (exact) mass is 229 g/mol. The van der Waals surface area contributed by atoms with Crippen molar-refractivity contribution >= 4 is 0 Å². The summed E-state index contributed by atoms with van der Waals surface area (Å²) in [5, 5.41) is 9.43. The molecule has 0 aromatic carbocycles. The smallest absolute Gasteiger partial charge is 0.0788 e. The van der Waals surface area contributed by atoms with Crippen LogP contribution in [0.5, 0.6) is 0 Å². The lowest BCUT2D eigenvalue weighted by molar-refractivity contribution is 0.122. The molecule has 2 atom stereocenters. The summed E-state index contributed by atoms with van der Waals surface area (Å²) < 4.78 is 0. The normalized spacial score (nSPS) is 24.9. The first-order chi connectivity index (χ1) is 7.61. The quantitative estimate of drug-likeness (QED) is 0.671. The molecule has 0 aliphatic carbocycles. The van der Waals surface area contributed by atoms with E-state index < -0.39 is 0 Å². The van der Waals surface area contributed by atoms with Crippen molar-refractivity contribution in [3.63, 3.8) is 0 Å². The Balaban J connectivity index is 2.13. The average Bonchev–Trinajstić information content (AvgIpc) is 2.26. The second kappa shape index (κ2) is 7.22. The van der Waals surface area contributed by atoms with E-state index in [0.29, 0.717) is 13.1 Å². The predicted molar refractivity (Wildman–Crippen MR) is 67.4 cm³/mol. The number of aliphatic hydroxyl groups is 1. The van der Waals surface area contributed by atoms with Crippen LogP contribution in [0.2, 0.25) is 0 Å². The van der Waals surface area contributed by atoms with Gasteiger partial charge in [0.2, 0.25) is 0 Å². The number of nitrogens with zero attached hydrogens (tertiary/aromatic N) is 2. The highest BCUT2D eigenvalue weighted by atomic mass is 16.3. The number of likely N-dealkylation sites (N-methyl/N-ethyl adjacent to an activating group) is 1. The fraction of sp³-hybridized carbons (Fsp3) is 1.00. The molecule has 0 amide bonds. The molecule has 3 N–H and O–H groups in total. The van der Waals surface area contributed by atoms with E-state index >= 15 is 0 Å². The van der Waals surface area contributed by atoms with Crippen molar-refractivity contribution in [2.24, 2.45) is 11.7 Å². The SMILES string of the molecule is CN(CCC1CCCN(C)C1)CC(O)CN. The van der Waals surface area contributed by atoms with Gasteiger partial charge in [-0.1, -0.05) is 0 Å². The Hall–Kier alpha value is -0.160. The summed E-state index contributed by atoms with van der Waals surface area (Å²) in [6.45, 7) is 4.59. The summed E-state index contributed by atoms with van der Waals surface area (Å²) in [4.78, 5) is 4.61. The molecule has 0 aromatic heterocycles. The number of piperidine rings is 1. The number of likely N-dealkylation sites (tertiary alicyclic amines) is 1. The van der Waals surface area contributed by atoms with Gasteiger partial charge in [0.25, 0.3) is 0 Å². The second-order valence-electron chi connectivity index (χ2n) is 5.21. The number of hydrogen-bond acceptors (Lipinski definition) is 4. The Kier molecular flexibility index (Phi) is 6.28. The highest BCUT2D eigenvalue weighted by molar-refractivity contribution is 4.72. The summed E-state index contributed by atoms with van der Waals surface area (Å²) >= 11 is 0. The molecule has 4 nitrogen and oxygen atoms in total. The van der Waals surface area contributed by atoms with Gasteiger partial charge in [0, 0.05) is 19.6 Å². The van der Waals surface area contributed by atoms with Gasteiger partial charge in [-0.25, -0.2) is 0 Å². The Labute approximate surface area is 99.4 Å². The lowest BCUT2D eigenvalue weighted by Gasteiger charge is -2.31. The van der Waals surface area contributed by atoms with Gasteiger partial charge in [0.1, 0.15) is 0 Å². The molecule has 0 radical (unpaired) electrons. The molecule has 1 saturated heterocycles. The van der Waals surface area contributed by atoms with Crippen molar-refractivity contribution in [2.45, 2.75) is 25.4 Å². The maximum Gasteiger partial charge on any atom is 0.0788 e. The molecule has 1 aliphatic rings. The van der Waals surface area contributed by atoms with Crippen LogP contribution in [-0.4, -0.2) is 67.8 Å². The van der Waals surface area contributed by atoms with E-state index in [1.165, 1.54) is 32.4 Å². The van der Waals surface area contributed by atoms with Crippen LogP contribution in [0.4, 0.5) is 0 Å². The Bertz CT molecular complexity index is 189. The van der Waals surface area contributed by atoms with E-state index in [2.05, 4.69) is 23.9 Å². The average molecular weight is 229 g/mol. The van der Waals surface area contributed by atoms with E-state index in [-0.39, 0.29) is 6.10 Å². The zero-order valence-corrected chi connectivity index (χ0v) is 10.7. The topological polar surface area (TPSA) is 52.7 Å². The summed E-state index contributed by atoms with van der Waals surface area (Å²) in [5.41, 5.74) is 5.39. The summed E-state index contributed by atoms with van der Waals surface area (Å²) in [7, 11) is 4.26. The molecule has 0 bridgehead atoms. The third-order valence-corrected chi connectivity index (χ3v) is 3.44. The number of nitrogens with two attached hydrogens (primary N) is 1. The van der Waals surface area contributed by atoms with Crippen LogP contribution in [0.25, 0.3) is 0 Å². The molecule has 0 saturated carbocycles. The van der Waals surface area contributed by atoms with Gasteiger partial charge < -0.3 is 20.6 Å². The molecule has 1 fully saturated rings. The van der Waals surface area contributed by atoms with Crippen molar-refractivity contribution in [1.29, 1.82) is 0 Å². The van der Waals surface area contributed by atoms with Gasteiger partial charge in [-0.3, -0.25) is 0 Å². The van der Waals surface area contributed by atoms with Crippen LogP contribution in [0.3, 0.4) is 0 Å². The summed E-state index contributed by atoms with van der Waals surface area (Å²) in [5.74, 6) is 0.830. The molecular formula is C12H27N3O. The number of rotatable bonds is 6. The van der Waals surface area contributed by atoms with Crippen LogP contribution < -0.4 is 5.73 Å². The third kappa shape index (κ3) is 5.25. The Morgan fingerprint density at radius 1 is 1.56 bits per heavy atom. The molecule has 0 spiro atoms. The summed E-state index contributed by atoms with van der Waals surface area (Å²) in [6, 6.07) is 0. The lowest BCUT2D eigenvalue weighted by Crippen LogP contribution is -2.37. The van der Waals surface area contributed by atoms with Crippen molar-refractivity contribution < 1.29 is 5.11 Å². The summed E-state index contributed by atoms with van der Waals surface area (Å²) in [6.07, 6.45) is 3.55. The van der Waals surface area contributed by atoms with Gasteiger partial charge in [0.05, 0.1) is 6.10 Å². The minimum atomic E-state index is -0.376. The minimum Gasteiger partial charge on any atom is -0.390 e. The first kappa shape index (κ1) is 13.9. The van der Waals surface area contributed by atoms with Crippen LogP contribution in [0.15, 0.2) is 0 Å². The van der Waals surface area contributed by atoms with E-state index in [9.17, 15) is 5.11 Å². The van der Waals surface area contributed by atoms with Gasteiger partial charge in [0.15, 0.2) is 0 Å². The Morgan fingerprint density at radius 3 is 2.94 bits per heavy atom. The molecule has 96 valence electrons. The van der Waals surface area contributed by atoms with Crippen molar-refractivity contribution in [3.8, 4) is 0 Å². The highest BCUT2D eigenvalue weighted by Crippen LogP contribution is 2.18. The molecule has 1 heterocycles. The number of aliphatic hydroxyl groups excluding tert-OH is 1. The van der Waals surface area contributed by atoms with E-state index in [1.807, 2.05) is 0 Å². The van der Waals surface area contributed by atoms with Crippen LogP contribution in [0.1, 0.15) is 19.3 Å². The Morgan fingerprint density at radius 2 is 2.31 bits per heavy atom. The van der Waals surface area contributed by atoms with Gasteiger partial charge >= 0.3 is 0 Å². The number of hydrogen-bond donors (Lipinski definition) is 2. The van der Waals surface area contributed by atoms with E-state index in [0.717, 1.165) is 12.5 Å². The van der Waals surface area contributed by atoms with Crippen molar-refractivity contribution in [2.75, 3.05) is 46.8 Å². The van der Waals surface area contributed by atoms with Crippen molar-refractivity contribution in [3.05, 3.63) is 0 Å². The molecule has 0 aromatic rings. The first-order valence-electron chi connectivity index (χ1n) is 6.37. The fourth-order valence-electron chi connectivity index (χ4n) is 2.44. The molecule has 16 heavy (non-hydrogen) atoms. The van der Waals surface area contributed by atoms with E-state index in [1.54, 1.807) is 0 Å². The van der Waals surface area contributed by atoms with Gasteiger partial charge in [-0.2, -0.15) is 0 Å². The largest absolute Gasteiger partial charge is 0.390 e. The van der Waals surface area contributed by atoms with Gasteiger partial charge in [-0.15, -0.1) is 0 Å². The van der Waals surface area contributed by atoms with Crippen molar-refractivity contribution in [1.82, 2.24) is 9.80 Å². The lowest BCUT2D eigenvalue weighted by atomic mass is 9.95. The van der Waals surface area contributed by atoms with Gasteiger partial charge in [-0.05, 0) is 52.4 Å². The second-order valence-corrected chi connectivity index (χ2v) is 5.21. The highest BCUT2D eigenvalue weighted by Gasteiger charge is 2.17. The maximum absolute atomic E-state index is 9.43. The zero-order chi connectivity index (χ0) is 12.0. The molecule has 2 unspecified atom stereocenters. The zero-order valence-electron chi connectivity index (χ0n) is 10.7. The van der Waals surface area contributed by atoms with Crippen LogP contribution in [0, 0.1) is 5.92 Å². The van der Waals surface area contributed by atoms with E-state index in [4.69, 9.17) is 5.73 Å². The first-order valence-corrected chi connectivity index (χ1v) is 6.37. The standard InChI is InChI=1S/C12H27N3O/c1-14-6-3-4-11(9-14)5-7-15(2)10-12(16)8-13/h11-12,16H,3-10,13H2,1-2H3. The molecule has 4 heteroatoms. The minimum absolute atomic E-state index is 0.358. The maximum atomic E-state index is 9.43.